The van der Waals surface area contributed by atoms with Crippen LogP contribution >= 0.6 is 0 Å². The van der Waals surface area contributed by atoms with Gasteiger partial charge in [-0.2, -0.15) is 0 Å². The van der Waals surface area contributed by atoms with Crippen molar-refractivity contribution in [1.29, 1.82) is 0 Å². The monoisotopic (exact) mass is 261 g/mol. The molecule has 1 amide bonds. The van der Waals surface area contributed by atoms with Crippen LogP contribution in [0.5, 0.6) is 0 Å². The molecule has 0 spiro atoms. The van der Waals surface area contributed by atoms with Crippen molar-refractivity contribution in [2.75, 3.05) is 11.9 Å². The Labute approximate surface area is 110 Å². The summed E-state index contributed by atoms with van der Waals surface area (Å²) in [6.07, 6.45) is 0. The molecule has 2 rings (SSSR count). The second-order valence-corrected chi connectivity index (χ2v) is 4.30. The molecule has 4 heteroatoms. The van der Waals surface area contributed by atoms with Gasteiger partial charge in [0, 0.05) is 18.3 Å². The van der Waals surface area contributed by atoms with Crippen LogP contribution in [0.4, 0.5) is 14.5 Å². The highest BCUT2D eigenvalue weighted by Crippen LogP contribution is 2.17. The van der Waals surface area contributed by atoms with Crippen LogP contribution in [-0.4, -0.2) is 13.0 Å². The number of aryl methyl sites for hydroxylation is 1. The predicted molar refractivity (Wildman–Crippen MR) is 70.3 cm³/mol. The Morgan fingerprint density at radius 2 is 1.68 bits per heavy atom. The number of rotatable bonds is 2. The maximum absolute atomic E-state index is 13.2. The number of hydrogen-bond acceptors (Lipinski definition) is 1. The highest BCUT2D eigenvalue weighted by molar-refractivity contribution is 6.05. The summed E-state index contributed by atoms with van der Waals surface area (Å²) < 4.78 is 26.0. The summed E-state index contributed by atoms with van der Waals surface area (Å²) in [5.41, 5.74) is 1.39. The zero-order chi connectivity index (χ0) is 14.0. The maximum atomic E-state index is 13.2. The van der Waals surface area contributed by atoms with E-state index in [1.165, 1.54) is 47.4 Å². The highest BCUT2D eigenvalue weighted by Gasteiger charge is 2.14. The molecule has 0 aliphatic carbocycles. The molecule has 2 aromatic carbocycles. The summed E-state index contributed by atoms with van der Waals surface area (Å²) in [5, 5.41) is 0. The van der Waals surface area contributed by atoms with Crippen LogP contribution in [0.25, 0.3) is 0 Å². The van der Waals surface area contributed by atoms with Crippen molar-refractivity contribution in [2.24, 2.45) is 0 Å². The highest BCUT2D eigenvalue weighted by atomic mass is 19.1. The second kappa shape index (κ2) is 5.18. The lowest BCUT2D eigenvalue weighted by atomic mass is 10.1. The minimum atomic E-state index is -0.359. The van der Waals surface area contributed by atoms with Gasteiger partial charge in [0.1, 0.15) is 11.6 Å². The fourth-order valence-electron chi connectivity index (χ4n) is 1.75. The van der Waals surface area contributed by atoms with Crippen molar-refractivity contribution >= 4 is 11.6 Å². The van der Waals surface area contributed by atoms with Crippen molar-refractivity contribution < 1.29 is 13.6 Å². The van der Waals surface area contributed by atoms with E-state index in [2.05, 4.69) is 0 Å². The fourth-order valence-corrected chi connectivity index (χ4v) is 1.75. The molecule has 98 valence electrons. The molecule has 0 aliphatic rings. The number of carbonyl (C=O) groups is 1. The van der Waals surface area contributed by atoms with E-state index in [0.717, 1.165) is 0 Å². The molecule has 0 aromatic heterocycles. The normalized spacial score (nSPS) is 10.3. The van der Waals surface area contributed by atoms with Crippen LogP contribution < -0.4 is 4.90 Å². The molecule has 0 unspecified atom stereocenters. The maximum Gasteiger partial charge on any atom is 0.258 e. The Kier molecular flexibility index (Phi) is 3.60. The summed E-state index contributed by atoms with van der Waals surface area (Å²) in [6.45, 7) is 1.60. The summed E-state index contributed by atoms with van der Waals surface area (Å²) in [4.78, 5) is 13.6. The topological polar surface area (TPSA) is 20.3 Å². The van der Waals surface area contributed by atoms with Gasteiger partial charge in [-0.15, -0.1) is 0 Å². The first-order valence-corrected chi connectivity index (χ1v) is 5.79. The lowest BCUT2D eigenvalue weighted by Crippen LogP contribution is -2.26. The summed E-state index contributed by atoms with van der Waals surface area (Å²) in [6, 6.07) is 9.81. The van der Waals surface area contributed by atoms with E-state index in [0.29, 0.717) is 16.8 Å². The first-order chi connectivity index (χ1) is 8.99. The van der Waals surface area contributed by atoms with Gasteiger partial charge < -0.3 is 4.90 Å². The number of carbonyl (C=O) groups excluding carboxylic acids is 1. The van der Waals surface area contributed by atoms with Crippen LogP contribution in [-0.2, 0) is 0 Å². The molecule has 0 fully saturated rings. The smallest absolute Gasteiger partial charge is 0.258 e. The van der Waals surface area contributed by atoms with E-state index in [1.807, 2.05) is 0 Å². The summed E-state index contributed by atoms with van der Waals surface area (Å²) in [5.74, 6) is -0.974. The molecule has 0 aliphatic heterocycles. The zero-order valence-corrected chi connectivity index (χ0v) is 10.7. The summed E-state index contributed by atoms with van der Waals surface area (Å²) >= 11 is 0. The van der Waals surface area contributed by atoms with Crippen LogP contribution in [0, 0.1) is 18.6 Å². The minimum absolute atomic E-state index is 0.269. The van der Waals surface area contributed by atoms with Crippen LogP contribution in [0.15, 0.2) is 42.5 Å². The first kappa shape index (κ1) is 13.2. The molecular formula is C15H13F2NO. The molecule has 0 radical (unpaired) electrons. The number of benzene rings is 2. The lowest BCUT2D eigenvalue weighted by Gasteiger charge is -2.17. The van der Waals surface area contributed by atoms with Crippen molar-refractivity contribution in [3.05, 3.63) is 65.2 Å². The van der Waals surface area contributed by atoms with Crippen LogP contribution in [0.2, 0.25) is 0 Å². The van der Waals surface area contributed by atoms with Gasteiger partial charge in [-0.25, -0.2) is 8.78 Å². The molecule has 0 heterocycles. The summed E-state index contributed by atoms with van der Waals surface area (Å²) in [7, 11) is 1.59. The Morgan fingerprint density at radius 1 is 1.05 bits per heavy atom. The number of anilines is 1. The van der Waals surface area contributed by atoms with E-state index in [4.69, 9.17) is 0 Å². The molecule has 0 atom stereocenters. The van der Waals surface area contributed by atoms with Gasteiger partial charge in [-0.3, -0.25) is 4.79 Å². The zero-order valence-electron chi connectivity index (χ0n) is 10.7. The third kappa shape index (κ3) is 2.78. The fraction of sp³-hybridized carbons (Fsp3) is 0.133. The molecule has 2 aromatic rings. The molecule has 0 saturated heterocycles. The van der Waals surface area contributed by atoms with Gasteiger partial charge in [0.2, 0.25) is 0 Å². The standard InChI is InChI=1S/C15H13F2NO/c1-10-9-11(3-8-14(10)17)15(19)18(2)13-6-4-12(16)5-7-13/h3-9H,1-2H3. The Balaban J connectivity index is 2.28. The third-order valence-corrected chi connectivity index (χ3v) is 2.92. The average Bonchev–Trinajstić information content (AvgIpc) is 2.41. The SMILES string of the molecule is Cc1cc(C(=O)N(C)c2ccc(F)cc2)ccc1F. The Hall–Kier alpha value is -2.23. The third-order valence-electron chi connectivity index (χ3n) is 2.92. The first-order valence-electron chi connectivity index (χ1n) is 5.79. The van der Waals surface area contributed by atoms with Crippen molar-refractivity contribution in [3.8, 4) is 0 Å². The largest absolute Gasteiger partial charge is 0.311 e. The van der Waals surface area contributed by atoms with Gasteiger partial charge in [-0.05, 0) is 55.0 Å². The van der Waals surface area contributed by atoms with E-state index in [9.17, 15) is 13.6 Å². The predicted octanol–water partition coefficient (Wildman–Crippen LogP) is 3.55. The number of hydrogen-bond donors (Lipinski definition) is 0. The van der Waals surface area contributed by atoms with E-state index in [-0.39, 0.29) is 17.5 Å². The van der Waals surface area contributed by atoms with Gasteiger partial charge >= 0.3 is 0 Å². The van der Waals surface area contributed by atoms with Crippen molar-refractivity contribution in [1.82, 2.24) is 0 Å². The average molecular weight is 261 g/mol. The molecule has 0 N–H and O–H groups in total. The van der Waals surface area contributed by atoms with Crippen molar-refractivity contribution in [2.45, 2.75) is 6.92 Å². The van der Waals surface area contributed by atoms with Gasteiger partial charge in [0.25, 0.3) is 5.91 Å². The number of halogens is 2. The molecule has 0 bridgehead atoms. The van der Waals surface area contributed by atoms with Gasteiger partial charge in [0.15, 0.2) is 0 Å². The Morgan fingerprint density at radius 3 is 2.26 bits per heavy atom. The lowest BCUT2D eigenvalue weighted by molar-refractivity contribution is 0.0993. The number of nitrogens with zero attached hydrogens (tertiary/aromatic N) is 1. The second-order valence-electron chi connectivity index (χ2n) is 4.30. The van der Waals surface area contributed by atoms with Crippen LogP contribution in [0.3, 0.4) is 0 Å². The molecule has 0 saturated carbocycles. The Bertz CT molecular complexity index is 608. The van der Waals surface area contributed by atoms with Crippen molar-refractivity contribution in [3.63, 3.8) is 0 Å². The molecule has 19 heavy (non-hydrogen) atoms. The van der Waals surface area contributed by atoms with E-state index < -0.39 is 0 Å². The molecule has 2 nitrogen and oxygen atoms in total. The quantitative estimate of drug-likeness (QED) is 0.809. The van der Waals surface area contributed by atoms with E-state index in [1.54, 1.807) is 14.0 Å². The van der Waals surface area contributed by atoms with Gasteiger partial charge in [0.05, 0.1) is 0 Å². The van der Waals surface area contributed by atoms with Crippen LogP contribution in [0.1, 0.15) is 15.9 Å². The van der Waals surface area contributed by atoms with E-state index >= 15 is 0 Å². The minimum Gasteiger partial charge on any atom is -0.311 e. The number of amides is 1. The van der Waals surface area contributed by atoms with Gasteiger partial charge in [-0.1, -0.05) is 0 Å². The molecular weight excluding hydrogens is 248 g/mol.